The summed E-state index contributed by atoms with van der Waals surface area (Å²) < 4.78 is 38.7. The maximum absolute atomic E-state index is 13.3. The highest BCUT2D eigenvalue weighted by atomic mass is 32.2. The highest BCUT2D eigenvalue weighted by Gasteiger charge is 2.18. The van der Waals surface area contributed by atoms with Crippen molar-refractivity contribution in [2.45, 2.75) is 11.8 Å². The number of hydrogen-bond acceptors (Lipinski definition) is 6. The predicted octanol–water partition coefficient (Wildman–Crippen LogP) is 4.48. The van der Waals surface area contributed by atoms with Gasteiger partial charge in [0.1, 0.15) is 23.2 Å². The van der Waals surface area contributed by atoms with Gasteiger partial charge < -0.3 is 10.1 Å². The third-order valence-corrected chi connectivity index (χ3v) is 5.26. The molecule has 2 aromatic carbocycles. The number of amides is 1. The fraction of sp³-hybridized carbons (Fsp3) is 0.0952. The molecule has 0 saturated carbocycles. The lowest BCUT2D eigenvalue weighted by Crippen LogP contribution is -2.14. The number of ether oxygens (including phenoxy) is 1. The summed E-state index contributed by atoms with van der Waals surface area (Å²) in [5, 5.41) is 11.8. The first-order chi connectivity index (χ1) is 14.2. The van der Waals surface area contributed by atoms with Crippen LogP contribution in [0.4, 0.5) is 10.1 Å². The fourth-order valence-electron chi connectivity index (χ4n) is 2.60. The van der Waals surface area contributed by atoms with E-state index in [0.717, 1.165) is 0 Å². The maximum Gasteiger partial charge on any atom is 0.261 e. The summed E-state index contributed by atoms with van der Waals surface area (Å²) in [5.74, 6) is -0.784. The normalized spacial score (nSPS) is 12.5. The van der Waals surface area contributed by atoms with Gasteiger partial charge in [-0.1, -0.05) is 6.07 Å². The summed E-state index contributed by atoms with van der Waals surface area (Å²) >= 11 is 0. The Morgan fingerprint density at radius 1 is 1.27 bits per heavy atom. The zero-order valence-electron chi connectivity index (χ0n) is 16.1. The van der Waals surface area contributed by atoms with Crippen LogP contribution < -0.4 is 10.1 Å². The van der Waals surface area contributed by atoms with Crippen molar-refractivity contribution in [2.24, 2.45) is 0 Å². The van der Waals surface area contributed by atoms with Gasteiger partial charge in [-0.2, -0.15) is 5.26 Å². The lowest BCUT2D eigenvalue weighted by molar-refractivity contribution is 0.102. The largest absolute Gasteiger partial charge is 0.438 e. The summed E-state index contributed by atoms with van der Waals surface area (Å²) in [4.78, 5) is 17.2. The van der Waals surface area contributed by atoms with Crippen LogP contribution in [-0.4, -0.2) is 21.4 Å². The van der Waals surface area contributed by atoms with Crippen molar-refractivity contribution < 1.29 is 18.1 Å². The summed E-state index contributed by atoms with van der Waals surface area (Å²) in [6.07, 6.45) is 2.54. The molecule has 3 rings (SSSR count). The number of pyridine rings is 1. The summed E-state index contributed by atoms with van der Waals surface area (Å²) in [6.45, 7) is 1.65. The first-order valence-electron chi connectivity index (χ1n) is 8.67. The number of carbonyl (C=O) groups excluding carboxylic acids is 1. The minimum atomic E-state index is -2.96. The summed E-state index contributed by atoms with van der Waals surface area (Å²) in [6, 6.07) is 13.3. The van der Waals surface area contributed by atoms with Gasteiger partial charge in [0.15, 0.2) is 0 Å². The Kier molecular flexibility index (Phi) is 5.80. The van der Waals surface area contributed by atoms with E-state index in [1.807, 2.05) is 6.07 Å². The standard InChI is InChI=1S/C21H17FN4O3S/c1-13-8-15(22)6-7-19(13)29-21-18(9-14(11-23)12-25-21)20(27)26-16-4-3-5-17(10-16)30(2,24)28/h3-10,12,24H,1-2H3,(H,26,27). The number of aromatic nitrogens is 1. The van der Waals surface area contributed by atoms with Gasteiger partial charge in [-0.25, -0.2) is 18.4 Å². The lowest BCUT2D eigenvalue weighted by atomic mass is 10.2. The number of nitriles is 1. The van der Waals surface area contributed by atoms with Crippen LogP contribution in [0.5, 0.6) is 11.6 Å². The van der Waals surface area contributed by atoms with E-state index in [0.29, 0.717) is 17.0 Å². The molecule has 3 aromatic rings. The van der Waals surface area contributed by atoms with Crippen LogP contribution >= 0.6 is 0 Å². The molecule has 0 aliphatic carbocycles. The topological polar surface area (TPSA) is 116 Å². The van der Waals surface area contributed by atoms with Gasteiger partial charge in [-0.05, 0) is 55.0 Å². The molecular weight excluding hydrogens is 407 g/mol. The van der Waals surface area contributed by atoms with Crippen molar-refractivity contribution in [2.75, 3.05) is 11.6 Å². The molecule has 0 radical (unpaired) electrons. The zero-order valence-corrected chi connectivity index (χ0v) is 16.9. The Labute approximate surface area is 173 Å². The van der Waals surface area contributed by atoms with Crippen molar-refractivity contribution in [3.8, 4) is 17.7 Å². The van der Waals surface area contributed by atoms with E-state index in [9.17, 15) is 13.4 Å². The lowest BCUT2D eigenvalue weighted by Gasteiger charge is -2.13. The quantitative estimate of drug-likeness (QED) is 0.626. The fourth-order valence-corrected chi connectivity index (χ4v) is 3.29. The van der Waals surface area contributed by atoms with Gasteiger partial charge in [-0.15, -0.1) is 0 Å². The van der Waals surface area contributed by atoms with Crippen LogP contribution in [0, 0.1) is 28.9 Å². The van der Waals surface area contributed by atoms with Gasteiger partial charge in [0.05, 0.1) is 15.3 Å². The second-order valence-electron chi connectivity index (χ2n) is 6.53. The van der Waals surface area contributed by atoms with Gasteiger partial charge in [0.25, 0.3) is 5.91 Å². The van der Waals surface area contributed by atoms with Crippen molar-refractivity contribution >= 4 is 21.3 Å². The average molecular weight is 424 g/mol. The van der Waals surface area contributed by atoms with E-state index >= 15 is 0 Å². The van der Waals surface area contributed by atoms with E-state index in [1.165, 1.54) is 48.9 Å². The highest BCUT2D eigenvalue weighted by Crippen LogP contribution is 2.28. The molecule has 1 aromatic heterocycles. The second kappa shape index (κ2) is 8.31. The predicted molar refractivity (Wildman–Crippen MR) is 110 cm³/mol. The number of hydrogen-bond donors (Lipinski definition) is 2. The summed E-state index contributed by atoms with van der Waals surface area (Å²) in [5.41, 5.74) is 0.977. The Bertz CT molecular complexity index is 1280. The van der Waals surface area contributed by atoms with Crippen LogP contribution in [0.15, 0.2) is 59.6 Å². The molecular formula is C21H17FN4O3S. The van der Waals surface area contributed by atoms with E-state index in [2.05, 4.69) is 10.3 Å². The number of aryl methyl sites for hydroxylation is 1. The Hall–Kier alpha value is -3.77. The van der Waals surface area contributed by atoms with Gasteiger partial charge in [-0.3, -0.25) is 4.79 Å². The minimum absolute atomic E-state index is 0.00807. The maximum atomic E-state index is 13.3. The number of rotatable bonds is 5. The van der Waals surface area contributed by atoms with Crippen molar-refractivity contribution in [1.29, 1.82) is 10.0 Å². The van der Waals surface area contributed by atoms with E-state index < -0.39 is 21.5 Å². The second-order valence-corrected chi connectivity index (χ2v) is 8.68. The summed E-state index contributed by atoms with van der Waals surface area (Å²) in [7, 11) is -2.96. The molecule has 0 bridgehead atoms. The number of anilines is 1. The number of carbonyl (C=O) groups is 1. The van der Waals surface area contributed by atoms with Gasteiger partial charge in [0.2, 0.25) is 5.88 Å². The first kappa shape index (κ1) is 21.0. The smallest absolute Gasteiger partial charge is 0.261 e. The van der Waals surface area contributed by atoms with Crippen molar-refractivity contribution in [3.05, 3.63) is 77.2 Å². The van der Waals surface area contributed by atoms with E-state index in [4.69, 9.17) is 14.8 Å². The molecule has 2 N–H and O–H groups in total. The molecule has 9 heteroatoms. The van der Waals surface area contributed by atoms with Crippen LogP contribution in [0.25, 0.3) is 0 Å². The van der Waals surface area contributed by atoms with Crippen LogP contribution in [-0.2, 0) is 9.73 Å². The van der Waals surface area contributed by atoms with Gasteiger partial charge >= 0.3 is 0 Å². The molecule has 1 heterocycles. The number of benzene rings is 2. The number of nitrogens with zero attached hydrogens (tertiary/aromatic N) is 2. The molecule has 152 valence electrons. The molecule has 30 heavy (non-hydrogen) atoms. The monoisotopic (exact) mass is 424 g/mol. The van der Waals surface area contributed by atoms with E-state index in [1.54, 1.807) is 19.1 Å². The zero-order chi connectivity index (χ0) is 21.9. The molecule has 0 aliphatic heterocycles. The molecule has 0 spiro atoms. The highest BCUT2D eigenvalue weighted by molar-refractivity contribution is 7.91. The molecule has 0 saturated heterocycles. The van der Waals surface area contributed by atoms with Crippen LogP contribution in [0.1, 0.15) is 21.5 Å². The molecule has 0 fully saturated rings. The number of halogens is 1. The van der Waals surface area contributed by atoms with E-state index in [-0.39, 0.29) is 21.9 Å². The average Bonchev–Trinajstić information content (AvgIpc) is 2.70. The van der Waals surface area contributed by atoms with Gasteiger partial charge in [0, 0.05) is 23.0 Å². The Morgan fingerprint density at radius 3 is 2.70 bits per heavy atom. The first-order valence-corrected chi connectivity index (χ1v) is 10.6. The van der Waals surface area contributed by atoms with Crippen LogP contribution in [0.3, 0.4) is 0 Å². The number of nitrogens with one attached hydrogen (secondary N) is 2. The molecule has 1 atom stereocenters. The molecule has 1 unspecified atom stereocenters. The third-order valence-electron chi connectivity index (χ3n) is 4.11. The SMILES string of the molecule is Cc1cc(F)ccc1Oc1ncc(C#N)cc1C(=O)Nc1cccc(S(C)(=N)=O)c1. The molecule has 0 aliphatic rings. The molecule has 7 nitrogen and oxygen atoms in total. The van der Waals surface area contributed by atoms with Crippen molar-refractivity contribution in [3.63, 3.8) is 0 Å². The minimum Gasteiger partial charge on any atom is -0.438 e. The Morgan fingerprint density at radius 2 is 2.03 bits per heavy atom. The Balaban J connectivity index is 1.96. The van der Waals surface area contributed by atoms with Crippen molar-refractivity contribution in [1.82, 2.24) is 4.98 Å². The molecule has 1 amide bonds. The third kappa shape index (κ3) is 4.79. The van der Waals surface area contributed by atoms with Crippen LogP contribution in [0.2, 0.25) is 0 Å².